The van der Waals surface area contributed by atoms with Crippen LogP contribution in [0.15, 0.2) is 24.3 Å². The van der Waals surface area contributed by atoms with Crippen molar-refractivity contribution in [3.63, 3.8) is 0 Å². The predicted octanol–water partition coefficient (Wildman–Crippen LogP) is 1.38. The molecular weight excluding hydrogens is 210 g/mol. The maximum atomic E-state index is 8.65. The molecule has 74 valence electrons. The molecule has 1 aromatic carbocycles. The summed E-state index contributed by atoms with van der Waals surface area (Å²) in [5.41, 5.74) is 7.01. The van der Waals surface area contributed by atoms with Gasteiger partial charge in [0.2, 0.25) is 10.7 Å². The van der Waals surface area contributed by atoms with Crippen LogP contribution in [0.4, 0.5) is 5.95 Å². The van der Waals surface area contributed by atoms with E-state index in [0.717, 1.165) is 5.69 Å². The zero-order valence-electron chi connectivity index (χ0n) is 7.64. The Morgan fingerprint density at radius 1 is 1.40 bits per heavy atom. The lowest BCUT2D eigenvalue weighted by Gasteiger charge is -2.02. The Bertz CT molecular complexity index is 572. The average molecular weight is 217 g/mol. The fraction of sp³-hybridized carbons (Fsp3) is 0. The van der Waals surface area contributed by atoms with Crippen molar-refractivity contribution >= 4 is 18.2 Å². The van der Waals surface area contributed by atoms with E-state index in [1.54, 1.807) is 28.8 Å². The molecule has 0 saturated carbocycles. The molecule has 0 aliphatic heterocycles. The fourth-order valence-electron chi connectivity index (χ4n) is 1.24. The molecule has 1 aromatic heterocycles. The first-order valence-corrected chi connectivity index (χ1v) is 4.56. The van der Waals surface area contributed by atoms with E-state index in [9.17, 15) is 0 Å². The highest BCUT2D eigenvalue weighted by Crippen LogP contribution is 2.12. The van der Waals surface area contributed by atoms with Crippen molar-refractivity contribution in [2.45, 2.75) is 0 Å². The minimum Gasteiger partial charge on any atom is -0.368 e. The van der Waals surface area contributed by atoms with Crippen LogP contribution in [-0.2, 0) is 0 Å². The van der Waals surface area contributed by atoms with Gasteiger partial charge in [-0.3, -0.25) is 4.57 Å². The van der Waals surface area contributed by atoms with Crippen LogP contribution in [0.1, 0.15) is 5.56 Å². The van der Waals surface area contributed by atoms with E-state index in [-0.39, 0.29) is 0 Å². The number of nitriles is 1. The third kappa shape index (κ3) is 1.60. The molecule has 2 rings (SSSR count). The number of H-pyrrole nitrogens is 1. The third-order valence-electron chi connectivity index (χ3n) is 1.95. The molecular formula is C9H7N5S. The minimum atomic E-state index is 0.296. The number of hydrogen-bond donors (Lipinski definition) is 2. The number of nitrogen functional groups attached to an aromatic ring is 1. The largest absolute Gasteiger partial charge is 0.368 e. The normalized spacial score (nSPS) is 9.80. The van der Waals surface area contributed by atoms with Gasteiger partial charge in [0.15, 0.2) is 0 Å². The number of nitrogens with two attached hydrogens (primary N) is 1. The quantitative estimate of drug-likeness (QED) is 0.707. The molecule has 0 radical (unpaired) electrons. The molecule has 0 aliphatic carbocycles. The van der Waals surface area contributed by atoms with E-state index in [4.69, 9.17) is 23.2 Å². The van der Waals surface area contributed by atoms with E-state index in [1.807, 2.05) is 6.07 Å². The van der Waals surface area contributed by atoms with Crippen LogP contribution in [-0.4, -0.2) is 14.8 Å². The van der Waals surface area contributed by atoms with Gasteiger partial charge in [-0.15, -0.1) is 5.10 Å². The Morgan fingerprint density at radius 2 is 2.07 bits per heavy atom. The average Bonchev–Trinajstić information content (AvgIpc) is 2.59. The van der Waals surface area contributed by atoms with Crippen molar-refractivity contribution in [1.82, 2.24) is 14.8 Å². The van der Waals surface area contributed by atoms with Gasteiger partial charge in [0.05, 0.1) is 17.3 Å². The van der Waals surface area contributed by atoms with Crippen molar-refractivity contribution in [2.75, 3.05) is 5.73 Å². The molecule has 3 N–H and O–H groups in total. The molecule has 5 nitrogen and oxygen atoms in total. The van der Waals surface area contributed by atoms with Gasteiger partial charge < -0.3 is 5.73 Å². The molecule has 0 saturated heterocycles. The summed E-state index contributed by atoms with van der Waals surface area (Å²) in [5, 5.41) is 15.0. The lowest BCUT2D eigenvalue weighted by Crippen LogP contribution is -2.00. The molecule has 0 atom stereocenters. The van der Waals surface area contributed by atoms with Crippen molar-refractivity contribution in [2.24, 2.45) is 0 Å². The Morgan fingerprint density at radius 3 is 2.53 bits per heavy atom. The number of benzene rings is 1. The number of aromatic nitrogens is 3. The van der Waals surface area contributed by atoms with E-state index in [0.29, 0.717) is 16.3 Å². The molecule has 0 unspecified atom stereocenters. The van der Waals surface area contributed by atoms with Gasteiger partial charge in [0.25, 0.3) is 0 Å². The lowest BCUT2D eigenvalue weighted by atomic mass is 10.2. The first kappa shape index (κ1) is 9.43. The van der Waals surface area contributed by atoms with Gasteiger partial charge in [-0.2, -0.15) is 5.26 Å². The molecule has 15 heavy (non-hydrogen) atoms. The molecule has 2 aromatic rings. The first-order valence-electron chi connectivity index (χ1n) is 4.16. The maximum Gasteiger partial charge on any atom is 0.225 e. The molecule has 0 spiro atoms. The number of nitrogens with zero attached hydrogens (tertiary/aromatic N) is 3. The Labute approximate surface area is 90.8 Å². The van der Waals surface area contributed by atoms with E-state index in [1.165, 1.54) is 0 Å². The van der Waals surface area contributed by atoms with Crippen molar-refractivity contribution in [3.8, 4) is 11.8 Å². The summed E-state index contributed by atoms with van der Waals surface area (Å²) in [4.78, 5) is 0. The number of anilines is 1. The summed E-state index contributed by atoms with van der Waals surface area (Å²) in [6.45, 7) is 0. The van der Waals surface area contributed by atoms with Gasteiger partial charge >= 0.3 is 0 Å². The number of nitrogens with one attached hydrogen (secondary N) is 1. The first-order chi connectivity index (χ1) is 7.22. The maximum absolute atomic E-state index is 8.65. The van der Waals surface area contributed by atoms with Crippen LogP contribution in [0.25, 0.3) is 5.69 Å². The van der Waals surface area contributed by atoms with Crippen LogP contribution < -0.4 is 5.73 Å². The fourth-order valence-corrected chi connectivity index (χ4v) is 1.49. The highest BCUT2D eigenvalue weighted by molar-refractivity contribution is 7.71. The van der Waals surface area contributed by atoms with Gasteiger partial charge in [0, 0.05) is 0 Å². The zero-order chi connectivity index (χ0) is 10.8. The smallest absolute Gasteiger partial charge is 0.225 e. The van der Waals surface area contributed by atoms with Crippen LogP contribution in [0.2, 0.25) is 0 Å². The Balaban J connectivity index is 2.56. The second kappa shape index (κ2) is 3.55. The third-order valence-corrected chi connectivity index (χ3v) is 2.23. The highest BCUT2D eigenvalue weighted by atomic mass is 32.1. The predicted molar refractivity (Wildman–Crippen MR) is 57.9 cm³/mol. The van der Waals surface area contributed by atoms with Gasteiger partial charge in [-0.25, -0.2) is 5.10 Å². The minimum absolute atomic E-state index is 0.296. The van der Waals surface area contributed by atoms with Crippen LogP contribution in [0.5, 0.6) is 0 Å². The highest BCUT2D eigenvalue weighted by Gasteiger charge is 2.03. The number of aromatic amines is 1. The Hall–Kier alpha value is -2.13. The molecule has 0 fully saturated rings. The van der Waals surface area contributed by atoms with E-state index >= 15 is 0 Å². The van der Waals surface area contributed by atoms with Gasteiger partial charge in [0.1, 0.15) is 0 Å². The summed E-state index contributed by atoms with van der Waals surface area (Å²) in [5.74, 6) is 0.296. The van der Waals surface area contributed by atoms with Crippen molar-refractivity contribution in [3.05, 3.63) is 34.6 Å². The molecule has 0 bridgehead atoms. The standard InChI is InChI=1S/C9H7N5S/c10-5-6-1-3-7(4-2-6)14-8(11)12-13-9(14)15/h1-4H,(H2,11,12)(H,13,15). The van der Waals surface area contributed by atoms with Crippen LogP contribution in [0.3, 0.4) is 0 Å². The van der Waals surface area contributed by atoms with Gasteiger partial charge in [-0.1, -0.05) is 0 Å². The second-order valence-electron chi connectivity index (χ2n) is 2.88. The monoisotopic (exact) mass is 217 g/mol. The lowest BCUT2D eigenvalue weighted by molar-refractivity contribution is 1.04. The molecule has 1 heterocycles. The van der Waals surface area contributed by atoms with E-state index in [2.05, 4.69) is 10.2 Å². The second-order valence-corrected chi connectivity index (χ2v) is 3.27. The summed E-state index contributed by atoms with van der Waals surface area (Å²) in [6.07, 6.45) is 0. The number of hydrogen-bond acceptors (Lipinski definition) is 4. The molecule has 6 heteroatoms. The van der Waals surface area contributed by atoms with Crippen LogP contribution in [0, 0.1) is 16.1 Å². The summed E-state index contributed by atoms with van der Waals surface area (Å²) in [7, 11) is 0. The molecule has 0 amide bonds. The van der Waals surface area contributed by atoms with Gasteiger partial charge in [-0.05, 0) is 36.5 Å². The SMILES string of the molecule is N#Cc1ccc(-n2c(N)n[nH]c2=S)cc1. The topological polar surface area (TPSA) is 83.4 Å². The summed E-state index contributed by atoms with van der Waals surface area (Å²) >= 11 is 5.02. The number of rotatable bonds is 1. The summed E-state index contributed by atoms with van der Waals surface area (Å²) in [6, 6.07) is 8.96. The zero-order valence-corrected chi connectivity index (χ0v) is 8.45. The Kier molecular flexibility index (Phi) is 2.23. The van der Waals surface area contributed by atoms with Crippen LogP contribution >= 0.6 is 12.2 Å². The molecule has 0 aliphatic rings. The van der Waals surface area contributed by atoms with Crippen molar-refractivity contribution in [1.29, 1.82) is 5.26 Å². The summed E-state index contributed by atoms with van der Waals surface area (Å²) < 4.78 is 2.02. The van der Waals surface area contributed by atoms with E-state index < -0.39 is 0 Å². The van der Waals surface area contributed by atoms with Crippen molar-refractivity contribution < 1.29 is 0 Å².